The molecule has 1 N–H and O–H groups in total. The topological polar surface area (TPSA) is 35.6 Å². The van der Waals surface area contributed by atoms with Crippen molar-refractivity contribution in [1.82, 2.24) is 15.1 Å². The number of rotatable bonds is 7. The second-order valence-electron chi connectivity index (χ2n) is 6.03. The lowest BCUT2D eigenvalue weighted by molar-refractivity contribution is -0.130. The first-order valence-corrected chi connectivity index (χ1v) is 8.33. The zero-order chi connectivity index (χ0) is 15.0. The fraction of sp³-hybridized carbons (Fsp3) is 0.938. The lowest BCUT2D eigenvalue weighted by Crippen LogP contribution is -2.37. The van der Waals surface area contributed by atoms with E-state index in [1.807, 2.05) is 18.7 Å². The minimum absolute atomic E-state index is 0.278. The first-order valence-electron chi connectivity index (χ1n) is 8.33. The number of hydrogen-bond acceptors (Lipinski definition) is 3. The van der Waals surface area contributed by atoms with Crippen molar-refractivity contribution in [3.8, 4) is 0 Å². The van der Waals surface area contributed by atoms with Crippen molar-refractivity contribution in [1.29, 1.82) is 0 Å². The first kappa shape index (κ1) is 17.4. The summed E-state index contributed by atoms with van der Waals surface area (Å²) in [5.41, 5.74) is 0. The fourth-order valence-corrected chi connectivity index (χ4v) is 2.96. The summed E-state index contributed by atoms with van der Waals surface area (Å²) in [4.78, 5) is 16.4. The lowest BCUT2D eigenvalue weighted by Gasteiger charge is -2.24. The zero-order valence-electron chi connectivity index (χ0n) is 13.8. The smallest absolute Gasteiger partial charge is 0.223 e. The summed E-state index contributed by atoms with van der Waals surface area (Å²) in [5.74, 6) is 0.278. The van der Waals surface area contributed by atoms with Crippen molar-refractivity contribution in [2.75, 3.05) is 32.7 Å². The van der Waals surface area contributed by atoms with E-state index in [2.05, 4.69) is 24.1 Å². The van der Waals surface area contributed by atoms with E-state index in [1.165, 1.54) is 32.4 Å². The molecule has 1 aliphatic heterocycles. The molecule has 0 bridgehead atoms. The Kier molecular flexibility index (Phi) is 8.15. The van der Waals surface area contributed by atoms with Crippen LogP contribution in [0.5, 0.6) is 0 Å². The average molecular weight is 283 g/mol. The van der Waals surface area contributed by atoms with Crippen molar-refractivity contribution < 1.29 is 4.79 Å². The van der Waals surface area contributed by atoms with Gasteiger partial charge in [0.15, 0.2) is 0 Å². The Bertz CT molecular complexity index is 277. The summed E-state index contributed by atoms with van der Waals surface area (Å²) < 4.78 is 0. The lowest BCUT2D eigenvalue weighted by atomic mass is 10.1. The molecule has 0 aromatic carbocycles. The van der Waals surface area contributed by atoms with Crippen LogP contribution in [0.3, 0.4) is 0 Å². The molecule has 118 valence electrons. The van der Waals surface area contributed by atoms with Gasteiger partial charge >= 0.3 is 0 Å². The summed E-state index contributed by atoms with van der Waals surface area (Å²) in [6, 6.07) is 1.24. The van der Waals surface area contributed by atoms with Gasteiger partial charge in [0.25, 0.3) is 0 Å². The predicted octanol–water partition coefficient (Wildman–Crippen LogP) is 2.10. The number of carbonyl (C=O) groups is 1. The van der Waals surface area contributed by atoms with Crippen LogP contribution in [0.4, 0.5) is 0 Å². The Morgan fingerprint density at radius 2 is 1.95 bits per heavy atom. The van der Waals surface area contributed by atoms with Crippen molar-refractivity contribution in [3.05, 3.63) is 0 Å². The number of likely N-dealkylation sites (tertiary alicyclic amines) is 1. The van der Waals surface area contributed by atoms with E-state index in [9.17, 15) is 4.79 Å². The van der Waals surface area contributed by atoms with Gasteiger partial charge in [-0.05, 0) is 60.0 Å². The molecule has 1 unspecified atom stereocenters. The molecule has 1 heterocycles. The van der Waals surface area contributed by atoms with Gasteiger partial charge in [-0.15, -0.1) is 0 Å². The minimum Gasteiger partial charge on any atom is -0.343 e. The second kappa shape index (κ2) is 9.35. The van der Waals surface area contributed by atoms with Crippen LogP contribution in [0.25, 0.3) is 0 Å². The van der Waals surface area contributed by atoms with Crippen LogP contribution in [0.2, 0.25) is 0 Å². The average Bonchev–Trinajstić information content (AvgIpc) is 2.66. The fourth-order valence-electron chi connectivity index (χ4n) is 2.96. The Morgan fingerprint density at radius 3 is 2.55 bits per heavy atom. The molecule has 0 aliphatic carbocycles. The van der Waals surface area contributed by atoms with Gasteiger partial charge in [-0.25, -0.2) is 0 Å². The van der Waals surface area contributed by atoms with E-state index >= 15 is 0 Å². The summed E-state index contributed by atoms with van der Waals surface area (Å²) in [5, 5.41) is 3.58. The van der Waals surface area contributed by atoms with Gasteiger partial charge in [-0.3, -0.25) is 4.79 Å². The highest BCUT2D eigenvalue weighted by Gasteiger charge is 2.18. The Hall–Kier alpha value is -0.610. The highest BCUT2D eigenvalue weighted by Crippen LogP contribution is 2.13. The molecule has 0 saturated carbocycles. The number of amides is 1. The second-order valence-corrected chi connectivity index (χ2v) is 6.03. The molecular weight excluding hydrogens is 250 g/mol. The highest BCUT2D eigenvalue weighted by molar-refractivity contribution is 5.76. The Morgan fingerprint density at radius 1 is 1.25 bits per heavy atom. The molecule has 0 aromatic heterocycles. The van der Waals surface area contributed by atoms with Crippen molar-refractivity contribution in [2.24, 2.45) is 0 Å². The van der Waals surface area contributed by atoms with Crippen molar-refractivity contribution >= 4 is 5.91 Å². The van der Waals surface area contributed by atoms with Crippen molar-refractivity contribution in [2.45, 2.75) is 65.5 Å². The van der Waals surface area contributed by atoms with Gasteiger partial charge in [0.1, 0.15) is 0 Å². The van der Waals surface area contributed by atoms with Gasteiger partial charge in [0, 0.05) is 38.1 Å². The van der Waals surface area contributed by atoms with Gasteiger partial charge in [0.2, 0.25) is 5.91 Å². The summed E-state index contributed by atoms with van der Waals surface area (Å²) in [6.45, 7) is 13.5. The Labute approximate surface area is 124 Å². The van der Waals surface area contributed by atoms with Crippen LogP contribution >= 0.6 is 0 Å². The van der Waals surface area contributed by atoms with Crippen LogP contribution in [0.15, 0.2) is 0 Å². The maximum atomic E-state index is 11.9. The number of hydrogen-bond donors (Lipinski definition) is 1. The van der Waals surface area contributed by atoms with Crippen molar-refractivity contribution in [3.63, 3.8) is 0 Å². The van der Waals surface area contributed by atoms with Gasteiger partial charge in [-0.1, -0.05) is 0 Å². The van der Waals surface area contributed by atoms with E-state index in [1.54, 1.807) is 0 Å². The number of nitrogens with one attached hydrogen (secondary N) is 1. The van der Waals surface area contributed by atoms with E-state index < -0.39 is 0 Å². The standard InChI is InChI=1S/C16H33N3O/c1-5-18(6-2)16(20)9-11-17-15-8-7-12-19(13-10-15)14(3)4/h14-15,17H,5-13H2,1-4H3. The molecular formula is C16H33N3O. The molecule has 0 aromatic rings. The van der Waals surface area contributed by atoms with Crippen LogP contribution in [-0.2, 0) is 4.79 Å². The largest absolute Gasteiger partial charge is 0.343 e. The molecule has 1 atom stereocenters. The Balaban J connectivity index is 2.23. The molecule has 1 rings (SSSR count). The molecule has 4 heteroatoms. The van der Waals surface area contributed by atoms with E-state index in [0.29, 0.717) is 18.5 Å². The third-order valence-corrected chi connectivity index (χ3v) is 4.38. The maximum Gasteiger partial charge on any atom is 0.223 e. The van der Waals surface area contributed by atoms with Gasteiger partial charge < -0.3 is 15.1 Å². The molecule has 1 saturated heterocycles. The maximum absolute atomic E-state index is 11.9. The van der Waals surface area contributed by atoms with Gasteiger partial charge in [-0.2, -0.15) is 0 Å². The van der Waals surface area contributed by atoms with Crippen LogP contribution in [-0.4, -0.2) is 60.5 Å². The summed E-state index contributed by atoms with van der Waals surface area (Å²) in [7, 11) is 0. The molecule has 1 aliphatic rings. The third-order valence-electron chi connectivity index (χ3n) is 4.38. The van der Waals surface area contributed by atoms with E-state index in [4.69, 9.17) is 0 Å². The van der Waals surface area contributed by atoms with Gasteiger partial charge in [0.05, 0.1) is 0 Å². The monoisotopic (exact) mass is 283 g/mol. The molecule has 4 nitrogen and oxygen atoms in total. The van der Waals surface area contributed by atoms with Crippen LogP contribution in [0, 0.1) is 0 Å². The molecule has 1 fully saturated rings. The van der Waals surface area contributed by atoms with Crippen LogP contribution in [0.1, 0.15) is 53.4 Å². The quantitative estimate of drug-likeness (QED) is 0.777. The molecule has 0 spiro atoms. The molecule has 0 radical (unpaired) electrons. The molecule has 1 amide bonds. The number of carbonyl (C=O) groups excluding carboxylic acids is 1. The van der Waals surface area contributed by atoms with E-state index in [-0.39, 0.29) is 5.91 Å². The predicted molar refractivity (Wildman–Crippen MR) is 84.9 cm³/mol. The first-order chi connectivity index (χ1) is 9.58. The zero-order valence-corrected chi connectivity index (χ0v) is 13.8. The normalized spacial score (nSPS) is 20.9. The highest BCUT2D eigenvalue weighted by atomic mass is 16.2. The number of nitrogens with zero attached hydrogens (tertiary/aromatic N) is 2. The van der Waals surface area contributed by atoms with E-state index in [0.717, 1.165) is 19.6 Å². The molecule has 20 heavy (non-hydrogen) atoms. The van der Waals surface area contributed by atoms with Crippen LogP contribution < -0.4 is 5.32 Å². The summed E-state index contributed by atoms with van der Waals surface area (Å²) >= 11 is 0. The SMILES string of the molecule is CCN(CC)C(=O)CCNC1CCCN(C(C)C)CC1. The third kappa shape index (κ3) is 5.80. The summed E-state index contributed by atoms with van der Waals surface area (Å²) in [6.07, 6.45) is 4.34. The minimum atomic E-state index is 0.278.